The number of rotatable bonds is 8. The zero-order valence-electron chi connectivity index (χ0n) is 10.2. The summed E-state index contributed by atoms with van der Waals surface area (Å²) >= 11 is 0. The second kappa shape index (κ2) is 7.86. The fraction of sp³-hybridized carbons (Fsp3) is 0.800. The molecule has 0 rings (SSSR count). The van der Waals surface area contributed by atoms with E-state index in [2.05, 4.69) is 10.6 Å². The highest BCUT2D eigenvalue weighted by Crippen LogP contribution is 2.18. The number of methoxy groups -OCH3 is 1. The van der Waals surface area contributed by atoms with E-state index >= 15 is 0 Å². The second-order valence-electron chi connectivity index (χ2n) is 4.14. The van der Waals surface area contributed by atoms with Gasteiger partial charge in [0, 0.05) is 25.6 Å². The summed E-state index contributed by atoms with van der Waals surface area (Å²) in [7, 11) is 1.52. The van der Waals surface area contributed by atoms with Gasteiger partial charge in [0.1, 0.15) is 0 Å². The largest absolute Gasteiger partial charge is 0.481 e. The summed E-state index contributed by atoms with van der Waals surface area (Å²) in [4.78, 5) is 21.8. The van der Waals surface area contributed by atoms with Crippen molar-refractivity contribution in [2.75, 3.05) is 33.4 Å². The molecule has 1 unspecified atom stereocenters. The number of carboxylic acid groups (broad SMARTS) is 1. The molecule has 0 aromatic rings. The average molecular weight is 248 g/mol. The number of aliphatic hydroxyl groups excluding tert-OH is 1. The monoisotopic (exact) mass is 248 g/mol. The third kappa shape index (κ3) is 7.53. The van der Waals surface area contributed by atoms with Crippen LogP contribution in [0.4, 0.5) is 4.79 Å². The molecule has 0 aromatic heterocycles. The van der Waals surface area contributed by atoms with Crippen molar-refractivity contribution < 1.29 is 24.5 Å². The van der Waals surface area contributed by atoms with Gasteiger partial charge in [-0.25, -0.2) is 4.79 Å². The Bertz CT molecular complexity index is 259. The third-order valence-electron chi connectivity index (χ3n) is 2.23. The Morgan fingerprint density at radius 2 is 2.00 bits per heavy atom. The van der Waals surface area contributed by atoms with Crippen LogP contribution in [0.2, 0.25) is 0 Å². The summed E-state index contributed by atoms with van der Waals surface area (Å²) in [5.74, 6) is -1.01. The van der Waals surface area contributed by atoms with E-state index in [-0.39, 0.29) is 19.6 Å². The lowest BCUT2D eigenvalue weighted by molar-refractivity contribution is -0.140. The number of carbonyl (C=O) groups is 2. The Morgan fingerprint density at radius 1 is 1.35 bits per heavy atom. The van der Waals surface area contributed by atoms with E-state index in [9.17, 15) is 9.59 Å². The van der Waals surface area contributed by atoms with Crippen LogP contribution in [0, 0.1) is 5.41 Å². The molecule has 4 N–H and O–H groups in total. The van der Waals surface area contributed by atoms with Crippen molar-refractivity contribution in [2.24, 2.45) is 5.41 Å². The summed E-state index contributed by atoms with van der Waals surface area (Å²) in [6.45, 7) is 2.15. The molecule has 0 saturated carbocycles. The SMILES string of the molecule is COCCNC(=O)NCC(C)(CO)CC(=O)O. The molecule has 17 heavy (non-hydrogen) atoms. The maximum Gasteiger partial charge on any atom is 0.314 e. The number of aliphatic carboxylic acids is 1. The molecule has 0 fully saturated rings. The van der Waals surface area contributed by atoms with Crippen LogP contribution < -0.4 is 10.6 Å². The number of nitrogens with one attached hydrogen (secondary N) is 2. The first-order valence-electron chi connectivity index (χ1n) is 5.27. The van der Waals surface area contributed by atoms with Crippen molar-refractivity contribution >= 4 is 12.0 Å². The van der Waals surface area contributed by atoms with Crippen molar-refractivity contribution in [1.82, 2.24) is 10.6 Å². The Hall–Kier alpha value is -1.34. The average Bonchev–Trinajstić information content (AvgIpc) is 2.26. The smallest absolute Gasteiger partial charge is 0.314 e. The minimum atomic E-state index is -1.01. The molecule has 100 valence electrons. The van der Waals surface area contributed by atoms with Gasteiger partial charge >= 0.3 is 12.0 Å². The van der Waals surface area contributed by atoms with Gasteiger partial charge in [-0.15, -0.1) is 0 Å². The van der Waals surface area contributed by atoms with Gasteiger partial charge < -0.3 is 25.6 Å². The molecule has 0 aliphatic rings. The molecule has 2 amide bonds. The molecule has 0 radical (unpaired) electrons. The number of carboxylic acids is 1. The molecule has 0 spiro atoms. The Morgan fingerprint density at radius 3 is 2.47 bits per heavy atom. The third-order valence-corrected chi connectivity index (χ3v) is 2.23. The van der Waals surface area contributed by atoms with E-state index in [1.807, 2.05) is 0 Å². The van der Waals surface area contributed by atoms with E-state index in [1.165, 1.54) is 7.11 Å². The first-order valence-corrected chi connectivity index (χ1v) is 5.27. The van der Waals surface area contributed by atoms with Crippen LogP contribution in [0.3, 0.4) is 0 Å². The lowest BCUT2D eigenvalue weighted by Crippen LogP contribution is -2.44. The van der Waals surface area contributed by atoms with Crippen LogP contribution in [-0.4, -0.2) is 55.6 Å². The first-order chi connectivity index (χ1) is 7.93. The number of aliphatic hydroxyl groups is 1. The van der Waals surface area contributed by atoms with Crippen LogP contribution in [0.25, 0.3) is 0 Å². The maximum absolute atomic E-state index is 11.3. The lowest BCUT2D eigenvalue weighted by Gasteiger charge is -2.25. The molecular weight excluding hydrogens is 228 g/mol. The lowest BCUT2D eigenvalue weighted by atomic mass is 9.88. The van der Waals surface area contributed by atoms with Gasteiger partial charge in [-0.05, 0) is 0 Å². The molecule has 7 nitrogen and oxygen atoms in total. The van der Waals surface area contributed by atoms with Gasteiger partial charge in [-0.2, -0.15) is 0 Å². The molecule has 0 heterocycles. The van der Waals surface area contributed by atoms with Crippen molar-refractivity contribution in [3.05, 3.63) is 0 Å². The summed E-state index contributed by atoms with van der Waals surface area (Å²) in [5, 5.41) is 22.8. The van der Waals surface area contributed by atoms with E-state index in [1.54, 1.807) is 6.92 Å². The highest BCUT2D eigenvalue weighted by atomic mass is 16.5. The van der Waals surface area contributed by atoms with E-state index in [0.29, 0.717) is 13.2 Å². The maximum atomic E-state index is 11.3. The Labute approximate surface area is 100 Å². The molecule has 7 heteroatoms. The van der Waals surface area contributed by atoms with Crippen molar-refractivity contribution in [3.63, 3.8) is 0 Å². The minimum Gasteiger partial charge on any atom is -0.481 e. The molecule has 0 saturated heterocycles. The predicted molar refractivity (Wildman–Crippen MR) is 60.7 cm³/mol. The number of urea groups is 1. The van der Waals surface area contributed by atoms with E-state index in [4.69, 9.17) is 14.9 Å². The van der Waals surface area contributed by atoms with Crippen molar-refractivity contribution in [3.8, 4) is 0 Å². The van der Waals surface area contributed by atoms with Crippen LogP contribution in [-0.2, 0) is 9.53 Å². The molecule has 0 aliphatic carbocycles. The van der Waals surface area contributed by atoms with Crippen LogP contribution in [0.1, 0.15) is 13.3 Å². The zero-order valence-corrected chi connectivity index (χ0v) is 10.2. The molecular formula is C10H20N2O5. The van der Waals surface area contributed by atoms with Crippen LogP contribution in [0.15, 0.2) is 0 Å². The Kier molecular flexibility index (Phi) is 7.24. The van der Waals surface area contributed by atoms with Crippen LogP contribution in [0.5, 0.6) is 0 Å². The first kappa shape index (κ1) is 15.7. The van der Waals surface area contributed by atoms with Gasteiger partial charge in [0.15, 0.2) is 0 Å². The van der Waals surface area contributed by atoms with Gasteiger partial charge in [0.25, 0.3) is 0 Å². The van der Waals surface area contributed by atoms with Crippen molar-refractivity contribution in [2.45, 2.75) is 13.3 Å². The minimum absolute atomic E-state index is 0.0919. The second-order valence-corrected chi connectivity index (χ2v) is 4.14. The summed E-state index contributed by atoms with van der Waals surface area (Å²) in [6.07, 6.45) is -0.206. The van der Waals surface area contributed by atoms with E-state index < -0.39 is 17.4 Å². The molecule has 0 bridgehead atoms. The van der Waals surface area contributed by atoms with Crippen molar-refractivity contribution in [1.29, 1.82) is 0 Å². The van der Waals surface area contributed by atoms with Gasteiger partial charge in [-0.1, -0.05) is 6.92 Å². The number of ether oxygens (including phenoxy) is 1. The molecule has 0 aliphatic heterocycles. The standard InChI is InChI=1S/C10H20N2O5/c1-10(7-13,5-8(14)15)6-12-9(16)11-3-4-17-2/h13H,3-7H2,1-2H3,(H,14,15)(H2,11,12,16). The summed E-state index contributed by atoms with van der Waals surface area (Å²) < 4.78 is 4.75. The number of carbonyl (C=O) groups excluding carboxylic acids is 1. The fourth-order valence-electron chi connectivity index (χ4n) is 1.16. The number of amides is 2. The highest BCUT2D eigenvalue weighted by molar-refractivity contribution is 5.74. The van der Waals surface area contributed by atoms with Gasteiger partial charge in [0.2, 0.25) is 0 Å². The summed E-state index contributed by atoms with van der Waals surface area (Å²) in [6, 6.07) is -0.410. The summed E-state index contributed by atoms with van der Waals surface area (Å²) in [5.41, 5.74) is -0.857. The molecule has 0 aromatic carbocycles. The predicted octanol–water partition coefficient (Wildman–Crippen LogP) is -0.595. The van der Waals surface area contributed by atoms with Crippen LogP contribution >= 0.6 is 0 Å². The molecule has 1 atom stereocenters. The Balaban J connectivity index is 3.96. The van der Waals surface area contributed by atoms with Gasteiger partial charge in [0.05, 0.1) is 19.6 Å². The van der Waals surface area contributed by atoms with Gasteiger partial charge in [-0.3, -0.25) is 4.79 Å². The number of hydrogen-bond donors (Lipinski definition) is 4. The zero-order chi connectivity index (χ0) is 13.3. The quantitative estimate of drug-likeness (QED) is 0.429. The fourth-order valence-corrected chi connectivity index (χ4v) is 1.16. The van der Waals surface area contributed by atoms with E-state index in [0.717, 1.165) is 0 Å². The highest BCUT2D eigenvalue weighted by Gasteiger charge is 2.27. The normalized spacial score (nSPS) is 13.8. The topological polar surface area (TPSA) is 108 Å². The number of hydrogen-bond acceptors (Lipinski definition) is 4.